The average molecular weight is 229 g/mol. The number of benzene rings is 1. The van der Waals surface area contributed by atoms with Gasteiger partial charge in [-0.1, -0.05) is 29.8 Å². The van der Waals surface area contributed by atoms with Crippen LogP contribution in [-0.2, 0) is 0 Å². The Morgan fingerprint density at radius 3 is 2.82 bits per heavy atom. The van der Waals surface area contributed by atoms with Gasteiger partial charge in [-0.25, -0.2) is 0 Å². The van der Waals surface area contributed by atoms with E-state index in [0.29, 0.717) is 5.75 Å². The van der Waals surface area contributed by atoms with Gasteiger partial charge in [0.15, 0.2) is 0 Å². The minimum atomic E-state index is -0.687. The van der Waals surface area contributed by atoms with Crippen LogP contribution in [-0.4, -0.2) is 17.2 Å². The highest BCUT2D eigenvalue weighted by atomic mass is 16.5. The molecule has 0 aliphatic carbocycles. The molecule has 0 amide bonds. The first kappa shape index (κ1) is 11.6. The predicted molar refractivity (Wildman–Crippen MR) is 66.0 cm³/mol. The van der Waals surface area contributed by atoms with E-state index in [1.54, 1.807) is 25.6 Å². The largest absolute Gasteiger partial charge is 0.495 e. The van der Waals surface area contributed by atoms with Crippen molar-refractivity contribution in [3.8, 4) is 5.75 Å². The molecule has 1 aromatic carbocycles. The van der Waals surface area contributed by atoms with Crippen LogP contribution in [0.25, 0.3) is 0 Å². The molecule has 0 saturated carbocycles. The summed E-state index contributed by atoms with van der Waals surface area (Å²) in [6, 6.07) is 9.56. The van der Waals surface area contributed by atoms with Crippen molar-refractivity contribution in [1.82, 2.24) is 4.98 Å². The second-order valence-corrected chi connectivity index (χ2v) is 3.93. The fourth-order valence-corrected chi connectivity index (χ4v) is 1.81. The van der Waals surface area contributed by atoms with Gasteiger partial charge in [0.05, 0.1) is 13.3 Å². The highest BCUT2D eigenvalue weighted by Crippen LogP contribution is 2.29. The van der Waals surface area contributed by atoms with E-state index in [1.807, 2.05) is 31.2 Å². The molecule has 1 atom stereocenters. The van der Waals surface area contributed by atoms with Gasteiger partial charge in [0.25, 0.3) is 0 Å². The summed E-state index contributed by atoms with van der Waals surface area (Å²) in [6.45, 7) is 2.00. The van der Waals surface area contributed by atoms with Gasteiger partial charge in [0.2, 0.25) is 0 Å². The fourth-order valence-electron chi connectivity index (χ4n) is 1.81. The van der Waals surface area contributed by atoms with Crippen molar-refractivity contribution in [2.75, 3.05) is 7.11 Å². The molecule has 0 saturated heterocycles. The zero-order valence-corrected chi connectivity index (χ0v) is 9.92. The van der Waals surface area contributed by atoms with Crippen LogP contribution in [0, 0.1) is 6.92 Å². The zero-order valence-electron chi connectivity index (χ0n) is 9.92. The molecule has 1 N–H and O–H groups in total. The molecule has 1 heterocycles. The summed E-state index contributed by atoms with van der Waals surface area (Å²) in [5.74, 6) is 0.599. The summed E-state index contributed by atoms with van der Waals surface area (Å²) in [4.78, 5) is 3.97. The van der Waals surface area contributed by atoms with Gasteiger partial charge in [-0.2, -0.15) is 0 Å². The number of hydrogen-bond donors (Lipinski definition) is 1. The molecule has 3 nitrogen and oxygen atoms in total. The van der Waals surface area contributed by atoms with Crippen LogP contribution < -0.4 is 4.74 Å². The topological polar surface area (TPSA) is 42.4 Å². The highest BCUT2D eigenvalue weighted by molar-refractivity contribution is 5.39. The van der Waals surface area contributed by atoms with Crippen LogP contribution in [0.2, 0.25) is 0 Å². The van der Waals surface area contributed by atoms with E-state index in [1.165, 1.54) is 0 Å². The standard InChI is InChI=1S/C14H15NO2/c1-10-4-3-5-11(8-10)14(16)12-6-7-15-9-13(12)17-2/h3-9,14,16H,1-2H3. The van der Waals surface area contributed by atoms with Gasteiger partial charge in [-0.3, -0.25) is 4.98 Å². The molecule has 1 aromatic heterocycles. The Morgan fingerprint density at radius 1 is 1.29 bits per heavy atom. The zero-order chi connectivity index (χ0) is 12.3. The van der Waals surface area contributed by atoms with E-state index >= 15 is 0 Å². The molecule has 3 heteroatoms. The van der Waals surface area contributed by atoms with E-state index < -0.39 is 6.10 Å². The Balaban J connectivity index is 2.40. The van der Waals surface area contributed by atoms with Crippen molar-refractivity contribution in [1.29, 1.82) is 0 Å². The fraction of sp³-hybridized carbons (Fsp3) is 0.214. The van der Waals surface area contributed by atoms with Crippen LogP contribution in [0.3, 0.4) is 0 Å². The molecule has 88 valence electrons. The van der Waals surface area contributed by atoms with Crippen LogP contribution in [0.15, 0.2) is 42.7 Å². The number of ether oxygens (including phenoxy) is 1. The molecule has 17 heavy (non-hydrogen) atoms. The Morgan fingerprint density at radius 2 is 2.12 bits per heavy atom. The lowest BCUT2D eigenvalue weighted by molar-refractivity contribution is 0.214. The Hall–Kier alpha value is -1.87. The maximum absolute atomic E-state index is 10.3. The lowest BCUT2D eigenvalue weighted by Crippen LogP contribution is -2.03. The summed E-state index contributed by atoms with van der Waals surface area (Å²) < 4.78 is 5.20. The number of aliphatic hydroxyl groups excluding tert-OH is 1. The summed E-state index contributed by atoms with van der Waals surface area (Å²) in [5.41, 5.74) is 2.71. The molecule has 0 radical (unpaired) electrons. The van der Waals surface area contributed by atoms with E-state index in [-0.39, 0.29) is 0 Å². The number of aliphatic hydroxyl groups is 1. The molecule has 0 aliphatic heterocycles. The summed E-state index contributed by atoms with van der Waals surface area (Å²) >= 11 is 0. The van der Waals surface area contributed by atoms with Crippen LogP contribution >= 0.6 is 0 Å². The summed E-state index contributed by atoms with van der Waals surface area (Å²) in [7, 11) is 1.57. The van der Waals surface area contributed by atoms with Crippen molar-refractivity contribution < 1.29 is 9.84 Å². The SMILES string of the molecule is COc1cnccc1C(O)c1cccc(C)c1. The van der Waals surface area contributed by atoms with Gasteiger partial charge in [-0.05, 0) is 18.6 Å². The van der Waals surface area contributed by atoms with Gasteiger partial charge < -0.3 is 9.84 Å². The molecule has 0 bridgehead atoms. The van der Waals surface area contributed by atoms with Gasteiger partial charge in [0, 0.05) is 11.8 Å². The summed E-state index contributed by atoms with van der Waals surface area (Å²) in [6.07, 6.45) is 2.57. The minimum absolute atomic E-state index is 0.599. The molecule has 2 aromatic rings. The average Bonchev–Trinajstić information content (AvgIpc) is 2.38. The molecule has 2 rings (SSSR count). The van der Waals surface area contributed by atoms with E-state index in [4.69, 9.17) is 4.74 Å². The van der Waals surface area contributed by atoms with Crippen LogP contribution in [0.4, 0.5) is 0 Å². The third-order valence-electron chi connectivity index (χ3n) is 2.69. The quantitative estimate of drug-likeness (QED) is 0.879. The molecule has 1 unspecified atom stereocenters. The van der Waals surface area contributed by atoms with Gasteiger partial charge >= 0.3 is 0 Å². The normalized spacial score (nSPS) is 12.2. The Bertz CT molecular complexity index is 511. The second-order valence-electron chi connectivity index (χ2n) is 3.93. The maximum atomic E-state index is 10.3. The number of nitrogens with zero attached hydrogens (tertiary/aromatic N) is 1. The van der Waals surface area contributed by atoms with Crippen molar-refractivity contribution in [3.05, 3.63) is 59.4 Å². The number of rotatable bonds is 3. The first-order valence-corrected chi connectivity index (χ1v) is 5.45. The third-order valence-corrected chi connectivity index (χ3v) is 2.69. The minimum Gasteiger partial charge on any atom is -0.495 e. The number of methoxy groups -OCH3 is 1. The van der Waals surface area contributed by atoms with Gasteiger partial charge in [0.1, 0.15) is 11.9 Å². The Kier molecular flexibility index (Phi) is 3.40. The molecule has 0 spiro atoms. The summed E-state index contributed by atoms with van der Waals surface area (Å²) in [5, 5.41) is 10.3. The van der Waals surface area contributed by atoms with E-state index in [0.717, 1.165) is 16.7 Å². The highest BCUT2D eigenvalue weighted by Gasteiger charge is 2.15. The first-order valence-electron chi connectivity index (χ1n) is 5.45. The van der Waals surface area contributed by atoms with Crippen molar-refractivity contribution >= 4 is 0 Å². The van der Waals surface area contributed by atoms with E-state index in [9.17, 15) is 5.11 Å². The second kappa shape index (κ2) is 4.97. The lowest BCUT2D eigenvalue weighted by Gasteiger charge is -2.14. The predicted octanol–water partition coefficient (Wildman–Crippen LogP) is 2.48. The number of pyridine rings is 1. The molecule has 0 aliphatic rings. The first-order chi connectivity index (χ1) is 8.22. The Labute approximate surface area is 101 Å². The van der Waals surface area contributed by atoms with Crippen molar-refractivity contribution in [2.45, 2.75) is 13.0 Å². The monoisotopic (exact) mass is 229 g/mol. The van der Waals surface area contributed by atoms with Crippen molar-refractivity contribution in [2.24, 2.45) is 0 Å². The number of hydrogen-bond acceptors (Lipinski definition) is 3. The molecule has 0 fully saturated rings. The number of aryl methyl sites for hydroxylation is 1. The lowest BCUT2D eigenvalue weighted by atomic mass is 10.0. The molecular formula is C14H15NO2. The number of aromatic nitrogens is 1. The van der Waals surface area contributed by atoms with Gasteiger partial charge in [-0.15, -0.1) is 0 Å². The van der Waals surface area contributed by atoms with Crippen molar-refractivity contribution in [3.63, 3.8) is 0 Å². The molecular weight excluding hydrogens is 214 g/mol. The smallest absolute Gasteiger partial charge is 0.143 e. The van der Waals surface area contributed by atoms with E-state index in [2.05, 4.69) is 4.98 Å². The van der Waals surface area contributed by atoms with Crippen LogP contribution in [0.1, 0.15) is 22.8 Å². The van der Waals surface area contributed by atoms with Crippen LogP contribution in [0.5, 0.6) is 5.75 Å². The third kappa shape index (κ3) is 2.45. The maximum Gasteiger partial charge on any atom is 0.143 e.